The van der Waals surface area contributed by atoms with Gasteiger partial charge in [-0.3, -0.25) is 10.0 Å². The maximum atomic E-state index is 13.3. The molecule has 3 aromatic rings. The van der Waals surface area contributed by atoms with E-state index in [0.717, 1.165) is 4.57 Å². The zero-order valence-corrected chi connectivity index (χ0v) is 13.3. The maximum Gasteiger partial charge on any atom is 0.449 e. The van der Waals surface area contributed by atoms with Crippen LogP contribution >= 0.6 is 11.6 Å². The number of hydrogen-bond donors (Lipinski definition) is 2. The molecule has 2 aromatic carbocycles. The maximum absolute atomic E-state index is 13.3. The minimum Gasteiger partial charge on any atom is -0.316 e. The zero-order chi connectivity index (χ0) is 18.2. The Morgan fingerprint density at radius 1 is 1.20 bits per heavy atom. The van der Waals surface area contributed by atoms with Crippen LogP contribution in [0.1, 0.15) is 21.7 Å². The van der Waals surface area contributed by atoms with Crippen molar-refractivity contribution in [1.82, 2.24) is 15.0 Å². The SMILES string of the molecule is O=C(NO)c1ccc(Cn2c(C(F)(F)F)nc3cc(Cl)ccc32)cc1. The first kappa shape index (κ1) is 17.2. The lowest BCUT2D eigenvalue weighted by Crippen LogP contribution is -2.18. The molecule has 0 aliphatic carbocycles. The van der Waals surface area contributed by atoms with E-state index in [4.69, 9.17) is 16.8 Å². The van der Waals surface area contributed by atoms with Crippen molar-refractivity contribution in [3.05, 3.63) is 64.4 Å². The molecule has 3 rings (SSSR count). The van der Waals surface area contributed by atoms with E-state index < -0.39 is 17.9 Å². The highest BCUT2D eigenvalue weighted by atomic mass is 35.5. The fourth-order valence-corrected chi connectivity index (χ4v) is 2.65. The Morgan fingerprint density at radius 2 is 1.88 bits per heavy atom. The van der Waals surface area contributed by atoms with E-state index in [0.29, 0.717) is 16.1 Å². The number of fused-ring (bicyclic) bond motifs is 1. The summed E-state index contributed by atoms with van der Waals surface area (Å²) in [5.41, 5.74) is 2.66. The van der Waals surface area contributed by atoms with E-state index in [-0.39, 0.29) is 17.6 Å². The summed E-state index contributed by atoms with van der Waals surface area (Å²) in [4.78, 5) is 15.0. The monoisotopic (exact) mass is 369 g/mol. The van der Waals surface area contributed by atoms with E-state index in [9.17, 15) is 18.0 Å². The molecule has 0 fully saturated rings. The number of aromatic nitrogens is 2. The van der Waals surface area contributed by atoms with Crippen LogP contribution in [0.5, 0.6) is 0 Å². The Bertz CT molecular complexity index is 936. The zero-order valence-electron chi connectivity index (χ0n) is 12.5. The van der Waals surface area contributed by atoms with E-state index >= 15 is 0 Å². The van der Waals surface area contributed by atoms with Gasteiger partial charge in [0, 0.05) is 17.1 Å². The second-order valence-corrected chi connectivity index (χ2v) is 5.73. The standard InChI is InChI=1S/C16H11ClF3N3O2/c17-11-5-6-13-12(7-11)21-15(16(18,19)20)23(13)8-9-1-3-10(4-2-9)14(24)22-25/h1-7,25H,8H2,(H,22,24). The fraction of sp³-hybridized carbons (Fsp3) is 0.125. The number of hydroxylamine groups is 1. The molecule has 1 aromatic heterocycles. The molecule has 0 radical (unpaired) electrons. The number of benzene rings is 2. The van der Waals surface area contributed by atoms with Crippen molar-refractivity contribution in [3.8, 4) is 0 Å². The fourth-order valence-electron chi connectivity index (χ4n) is 2.49. The minimum absolute atomic E-state index is 0.0893. The molecule has 130 valence electrons. The first-order valence-corrected chi connectivity index (χ1v) is 7.44. The molecule has 0 unspecified atom stereocenters. The van der Waals surface area contributed by atoms with Crippen LogP contribution in [0.2, 0.25) is 5.02 Å². The number of nitrogens with zero attached hydrogens (tertiary/aromatic N) is 2. The van der Waals surface area contributed by atoms with Gasteiger partial charge in [0.15, 0.2) is 0 Å². The van der Waals surface area contributed by atoms with Crippen molar-refractivity contribution < 1.29 is 23.2 Å². The number of hydrogen-bond acceptors (Lipinski definition) is 3. The quantitative estimate of drug-likeness (QED) is 0.544. The molecular weight excluding hydrogens is 359 g/mol. The first-order chi connectivity index (χ1) is 11.8. The van der Waals surface area contributed by atoms with Gasteiger partial charge in [-0.2, -0.15) is 13.2 Å². The highest BCUT2D eigenvalue weighted by molar-refractivity contribution is 6.31. The van der Waals surface area contributed by atoms with Crippen LogP contribution in [0.15, 0.2) is 42.5 Å². The van der Waals surface area contributed by atoms with Gasteiger partial charge in [0.25, 0.3) is 5.91 Å². The number of halogens is 4. The largest absolute Gasteiger partial charge is 0.449 e. The lowest BCUT2D eigenvalue weighted by atomic mass is 10.1. The van der Waals surface area contributed by atoms with Gasteiger partial charge in [-0.1, -0.05) is 23.7 Å². The molecule has 2 N–H and O–H groups in total. The van der Waals surface area contributed by atoms with Gasteiger partial charge < -0.3 is 4.57 Å². The summed E-state index contributed by atoms with van der Waals surface area (Å²) < 4.78 is 41.0. The summed E-state index contributed by atoms with van der Waals surface area (Å²) in [6.45, 7) is -0.0893. The number of rotatable bonds is 3. The van der Waals surface area contributed by atoms with E-state index in [1.807, 2.05) is 0 Å². The molecule has 0 saturated carbocycles. The highest BCUT2D eigenvalue weighted by Crippen LogP contribution is 2.32. The molecule has 0 aliphatic rings. The summed E-state index contributed by atoms with van der Waals surface area (Å²) in [6.07, 6.45) is -4.62. The molecule has 5 nitrogen and oxygen atoms in total. The number of nitrogens with one attached hydrogen (secondary N) is 1. The van der Waals surface area contributed by atoms with Gasteiger partial charge in [0.1, 0.15) is 0 Å². The summed E-state index contributed by atoms with van der Waals surface area (Å²) >= 11 is 5.83. The van der Waals surface area contributed by atoms with E-state index in [1.54, 1.807) is 0 Å². The summed E-state index contributed by atoms with van der Waals surface area (Å²) in [6, 6.07) is 10.2. The predicted molar refractivity (Wildman–Crippen MR) is 84.5 cm³/mol. The minimum atomic E-state index is -4.62. The van der Waals surface area contributed by atoms with E-state index in [2.05, 4.69) is 4.98 Å². The number of carbonyl (C=O) groups excluding carboxylic acids is 1. The number of carbonyl (C=O) groups is 1. The lowest BCUT2D eigenvalue weighted by Gasteiger charge is -2.12. The molecule has 0 saturated heterocycles. The Kier molecular flexibility index (Phi) is 4.40. The third-order valence-electron chi connectivity index (χ3n) is 3.62. The van der Waals surface area contributed by atoms with Crippen LogP contribution in [0, 0.1) is 0 Å². The molecule has 0 bridgehead atoms. The van der Waals surface area contributed by atoms with Crippen molar-refractivity contribution in [2.24, 2.45) is 0 Å². The third-order valence-corrected chi connectivity index (χ3v) is 3.86. The van der Waals surface area contributed by atoms with Crippen LogP contribution < -0.4 is 5.48 Å². The van der Waals surface area contributed by atoms with Crippen LogP contribution in [0.4, 0.5) is 13.2 Å². The van der Waals surface area contributed by atoms with Gasteiger partial charge >= 0.3 is 6.18 Å². The first-order valence-electron chi connectivity index (χ1n) is 7.06. The lowest BCUT2D eigenvalue weighted by molar-refractivity contribution is -0.146. The van der Waals surface area contributed by atoms with Crippen molar-refractivity contribution in [3.63, 3.8) is 0 Å². The van der Waals surface area contributed by atoms with Crippen LogP contribution in [-0.2, 0) is 12.7 Å². The molecule has 0 aliphatic heterocycles. The Balaban J connectivity index is 2.04. The molecule has 0 atom stereocenters. The van der Waals surface area contributed by atoms with Gasteiger partial charge in [0.05, 0.1) is 11.0 Å². The molecule has 25 heavy (non-hydrogen) atoms. The van der Waals surface area contributed by atoms with Crippen molar-refractivity contribution in [2.75, 3.05) is 0 Å². The summed E-state index contributed by atoms with van der Waals surface area (Å²) in [5.74, 6) is -1.73. The van der Waals surface area contributed by atoms with Crippen molar-refractivity contribution in [1.29, 1.82) is 0 Å². The van der Waals surface area contributed by atoms with Crippen LogP contribution in [0.3, 0.4) is 0 Å². The topological polar surface area (TPSA) is 67.2 Å². The average molecular weight is 370 g/mol. The molecule has 1 heterocycles. The second kappa shape index (κ2) is 6.38. The molecule has 9 heteroatoms. The molecule has 0 spiro atoms. The number of imidazole rings is 1. The predicted octanol–water partition coefficient (Wildman–Crippen LogP) is 3.88. The van der Waals surface area contributed by atoms with Crippen LogP contribution in [0.25, 0.3) is 11.0 Å². The number of amides is 1. The van der Waals surface area contributed by atoms with E-state index in [1.165, 1.54) is 47.9 Å². The van der Waals surface area contributed by atoms with Crippen molar-refractivity contribution in [2.45, 2.75) is 12.7 Å². The van der Waals surface area contributed by atoms with Gasteiger partial charge in [-0.25, -0.2) is 10.5 Å². The Morgan fingerprint density at radius 3 is 2.48 bits per heavy atom. The van der Waals surface area contributed by atoms with Gasteiger partial charge in [-0.05, 0) is 35.9 Å². The summed E-state index contributed by atoms with van der Waals surface area (Å²) in [5, 5.41) is 8.88. The molecule has 1 amide bonds. The second-order valence-electron chi connectivity index (χ2n) is 5.29. The van der Waals surface area contributed by atoms with Crippen LogP contribution in [-0.4, -0.2) is 20.7 Å². The Hall–Kier alpha value is -2.58. The van der Waals surface area contributed by atoms with Crippen molar-refractivity contribution >= 4 is 28.5 Å². The average Bonchev–Trinajstić information content (AvgIpc) is 2.92. The Labute approximate surface area is 144 Å². The summed E-state index contributed by atoms with van der Waals surface area (Å²) in [7, 11) is 0. The normalized spacial score (nSPS) is 11.7. The molecular formula is C16H11ClF3N3O2. The van der Waals surface area contributed by atoms with Gasteiger partial charge in [0.2, 0.25) is 5.82 Å². The number of alkyl halides is 3. The highest BCUT2D eigenvalue weighted by Gasteiger charge is 2.37. The smallest absolute Gasteiger partial charge is 0.316 e. The van der Waals surface area contributed by atoms with Gasteiger partial charge in [-0.15, -0.1) is 0 Å². The third kappa shape index (κ3) is 3.45.